The van der Waals surface area contributed by atoms with Gasteiger partial charge in [-0.25, -0.2) is 5.43 Å². The zero-order valence-electron chi connectivity index (χ0n) is 19.5. The quantitative estimate of drug-likeness (QED) is 0.192. The van der Waals surface area contributed by atoms with E-state index in [1.165, 1.54) is 5.56 Å². The second-order valence-corrected chi connectivity index (χ2v) is 9.20. The molecule has 0 aliphatic rings. The molecule has 0 aliphatic heterocycles. The number of aryl methyl sites for hydroxylation is 1. The molecule has 1 N–H and O–H groups in total. The molecule has 0 saturated heterocycles. The number of nitrogens with zero attached hydrogens (tertiary/aromatic N) is 1. The summed E-state index contributed by atoms with van der Waals surface area (Å²) < 4.78 is 6.92. The number of halogens is 1. The minimum Gasteiger partial charge on any atom is -0.488 e. The molecular formula is C30H27BrN2O2. The molecule has 0 heterocycles. The van der Waals surface area contributed by atoms with Gasteiger partial charge in [-0.1, -0.05) is 101 Å². The second-order valence-electron chi connectivity index (χ2n) is 8.28. The lowest BCUT2D eigenvalue weighted by Crippen LogP contribution is -2.27. The van der Waals surface area contributed by atoms with E-state index in [4.69, 9.17) is 4.74 Å². The first-order valence-electron chi connectivity index (χ1n) is 11.5. The molecule has 4 rings (SSSR count). The molecule has 1 amide bonds. The largest absolute Gasteiger partial charge is 0.488 e. The molecule has 4 aromatic rings. The zero-order chi connectivity index (χ0) is 24.5. The van der Waals surface area contributed by atoms with Crippen molar-refractivity contribution >= 4 is 28.1 Å². The van der Waals surface area contributed by atoms with Crippen LogP contribution in [-0.2, 0) is 17.8 Å². The highest BCUT2D eigenvalue weighted by molar-refractivity contribution is 9.10. The van der Waals surface area contributed by atoms with E-state index in [1.807, 2.05) is 91.0 Å². The monoisotopic (exact) mass is 526 g/mol. The first kappa shape index (κ1) is 24.4. The summed E-state index contributed by atoms with van der Waals surface area (Å²) >= 11 is 3.51. The van der Waals surface area contributed by atoms with Crippen LogP contribution >= 0.6 is 15.9 Å². The van der Waals surface area contributed by atoms with Gasteiger partial charge in [0.25, 0.3) is 0 Å². The molecule has 0 aliphatic carbocycles. The smallest absolute Gasteiger partial charge is 0.247 e. The lowest BCUT2D eigenvalue weighted by atomic mass is 9.90. The molecule has 0 radical (unpaired) electrons. The topological polar surface area (TPSA) is 50.7 Å². The van der Waals surface area contributed by atoms with Crippen LogP contribution in [0, 0.1) is 6.92 Å². The lowest BCUT2D eigenvalue weighted by molar-refractivity contribution is -0.122. The Balaban J connectivity index is 1.49. The summed E-state index contributed by atoms with van der Waals surface area (Å²) in [6.07, 6.45) is 2.22. The van der Waals surface area contributed by atoms with E-state index in [0.29, 0.717) is 18.8 Å². The molecule has 0 spiro atoms. The number of rotatable bonds is 9. The second kappa shape index (κ2) is 12.1. The van der Waals surface area contributed by atoms with Crippen molar-refractivity contribution in [3.8, 4) is 5.75 Å². The molecule has 4 nitrogen and oxygen atoms in total. The van der Waals surface area contributed by atoms with Crippen molar-refractivity contribution < 1.29 is 9.53 Å². The third kappa shape index (κ3) is 6.90. The number of carbonyl (C=O) groups is 1. The first-order valence-corrected chi connectivity index (χ1v) is 12.3. The maximum absolute atomic E-state index is 13.2. The molecule has 4 aromatic carbocycles. The average Bonchev–Trinajstić information content (AvgIpc) is 2.89. The Morgan fingerprint density at radius 1 is 0.943 bits per heavy atom. The Hall–Kier alpha value is -3.70. The number of ether oxygens (including phenoxy) is 1. The van der Waals surface area contributed by atoms with E-state index in [0.717, 1.165) is 26.7 Å². The minimum absolute atomic E-state index is 0.155. The number of hydrogen-bond acceptors (Lipinski definition) is 3. The van der Waals surface area contributed by atoms with Gasteiger partial charge in [-0.05, 0) is 53.8 Å². The predicted molar refractivity (Wildman–Crippen MR) is 145 cm³/mol. The molecular weight excluding hydrogens is 500 g/mol. The van der Waals surface area contributed by atoms with Gasteiger partial charge < -0.3 is 4.74 Å². The fourth-order valence-corrected chi connectivity index (χ4v) is 4.22. The van der Waals surface area contributed by atoms with Crippen molar-refractivity contribution in [2.24, 2.45) is 5.10 Å². The van der Waals surface area contributed by atoms with Crippen LogP contribution in [0.15, 0.2) is 113 Å². The summed E-state index contributed by atoms with van der Waals surface area (Å²) in [5, 5.41) is 4.28. The molecule has 0 fully saturated rings. The standard InChI is InChI=1S/C30H27BrN2O2/c1-22-10-8-9-15-25(22)19-28(24-13-6-3-7-14-24)30(34)33-32-20-26-18-27(31)16-17-29(26)35-21-23-11-4-2-5-12-23/h2-18,20,28H,19,21H2,1H3,(H,33,34)/b32-20+. The van der Waals surface area contributed by atoms with Crippen LogP contribution in [0.3, 0.4) is 0 Å². The van der Waals surface area contributed by atoms with Crippen molar-refractivity contribution in [3.05, 3.63) is 135 Å². The molecule has 1 atom stereocenters. The summed E-state index contributed by atoms with van der Waals surface area (Å²) in [4.78, 5) is 13.2. The number of hydrogen-bond donors (Lipinski definition) is 1. The SMILES string of the molecule is Cc1ccccc1CC(C(=O)N/N=C/c1cc(Br)ccc1OCc1ccccc1)c1ccccc1. The average molecular weight is 527 g/mol. The molecule has 0 saturated carbocycles. The van der Waals surface area contributed by atoms with Crippen LogP contribution in [0.2, 0.25) is 0 Å². The van der Waals surface area contributed by atoms with E-state index >= 15 is 0 Å². The highest BCUT2D eigenvalue weighted by atomic mass is 79.9. The fraction of sp³-hybridized carbons (Fsp3) is 0.133. The Morgan fingerprint density at radius 3 is 2.37 bits per heavy atom. The Labute approximate surface area is 214 Å². The van der Waals surface area contributed by atoms with E-state index in [1.54, 1.807) is 6.21 Å². The van der Waals surface area contributed by atoms with Crippen molar-refractivity contribution in [2.45, 2.75) is 25.9 Å². The van der Waals surface area contributed by atoms with E-state index in [9.17, 15) is 4.79 Å². The molecule has 35 heavy (non-hydrogen) atoms. The molecule has 0 aromatic heterocycles. The third-order valence-corrected chi connectivity index (χ3v) is 6.28. The fourth-order valence-electron chi connectivity index (χ4n) is 3.84. The minimum atomic E-state index is -0.356. The van der Waals surface area contributed by atoms with Gasteiger partial charge in [0.1, 0.15) is 12.4 Å². The van der Waals surface area contributed by atoms with Crippen LogP contribution < -0.4 is 10.2 Å². The zero-order valence-corrected chi connectivity index (χ0v) is 21.1. The van der Waals surface area contributed by atoms with Gasteiger partial charge in [0.05, 0.1) is 12.1 Å². The third-order valence-electron chi connectivity index (χ3n) is 5.79. The Morgan fingerprint density at radius 2 is 1.63 bits per heavy atom. The van der Waals surface area contributed by atoms with Gasteiger partial charge in [-0.15, -0.1) is 0 Å². The van der Waals surface area contributed by atoms with Crippen molar-refractivity contribution in [2.75, 3.05) is 0 Å². The molecule has 0 bridgehead atoms. The van der Waals surface area contributed by atoms with Gasteiger partial charge in [-0.2, -0.15) is 5.10 Å². The summed E-state index contributed by atoms with van der Waals surface area (Å²) in [6.45, 7) is 2.51. The van der Waals surface area contributed by atoms with Crippen molar-refractivity contribution in [1.82, 2.24) is 5.43 Å². The van der Waals surface area contributed by atoms with Crippen LogP contribution in [0.1, 0.15) is 33.7 Å². The first-order chi connectivity index (χ1) is 17.1. The maximum atomic E-state index is 13.2. The van der Waals surface area contributed by atoms with Gasteiger partial charge >= 0.3 is 0 Å². The van der Waals surface area contributed by atoms with E-state index in [-0.39, 0.29) is 11.8 Å². The molecule has 1 unspecified atom stereocenters. The number of benzene rings is 4. The van der Waals surface area contributed by atoms with E-state index in [2.05, 4.69) is 45.5 Å². The Bertz CT molecular complexity index is 1290. The van der Waals surface area contributed by atoms with Crippen molar-refractivity contribution in [1.29, 1.82) is 0 Å². The summed E-state index contributed by atoms with van der Waals surface area (Å²) in [5.41, 5.74) is 7.86. The van der Waals surface area contributed by atoms with Crippen LogP contribution in [-0.4, -0.2) is 12.1 Å². The van der Waals surface area contributed by atoms with Gasteiger partial charge in [0.2, 0.25) is 5.91 Å². The molecule has 176 valence electrons. The molecule has 5 heteroatoms. The summed E-state index contributed by atoms with van der Waals surface area (Å²) in [7, 11) is 0. The van der Waals surface area contributed by atoms with Gasteiger partial charge in [-0.3, -0.25) is 4.79 Å². The normalized spacial score (nSPS) is 11.8. The number of amides is 1. The van der Waals surface area contributed by atoms with E-state index < -0.39 is 0 Å². The number of carbonyl (C=O) groups excluding carboxylic acids is 1. The van der Waals surface area contributed by atoms with Gasteiger partial charge in [0.15, 0.2) is 0 Å². The summed E-state index contributed by atoms with van der Waals surface area (Å²) in [6, 6.07) is 33.7. The highest BCUT2D eigenvalue weighted by Gasteiger charge is 2.21. The van der Waals surface area contributed by atoms with Gasteiger partial charge in [0, 0.05) is 10.0 Å². The number of hydrazone groups is 1. The maximum Gasteiger partial charge on any atom is 0.247 e. The Kier molecular flexibility index (Phi) is 8.47. The summed E-state index contributed by atoms with van der Waals surface area (Å²) in [5.74, 6) is 0.179. The number of nitrogens with one attached hydrogen (secondary N) is 1. The van der Waals surface area contributed by atoms with Crippen LogP contribution in [0.25, 0.3) is 0 Å². The van der Waals surface area contributed by atoms with Crippen molar-refractivity contribution in [3.63, 3.8) is 0 Å². The lowest BCUT2D eigenvalue weighted by Gasteiger charge is -2.17. The predicted octanol–water partition coefficient (Wildman–Crippen LogP) is 6.81. The highest BCUT2D eigenvalue weighted by Crippen LogP contribution is 2.24. The van der Waals surface area contributed by atoms with Crippen LogP contribution in [0.4, 0.5) is 0 Å². The van der Waals surface area contributed by atoms with Crippen LogP contribution in [0.5, 0.6) is 5.75 Å².